The van der Waals surface area contributed by atoms with Gasteiger partial charge in [0.05, 0.1) is 23.8 Å². The smallest absolute Gasteiger partial charge is 0.259 e. The van der Waals surface area contributed by atoms with Crippen LogP contribution in [-0.2, 0) is 4.79 Å². The van der Waals surface area contributed by atoms with Gasteiger partial charge in [-0.05, 0) is 70.0 Å². The molecule has 8 heteroatoms. The Morgan fingerprint density at radius 2 is 1.78 bits per heavy atom. The maximum absolute atomic E-state index is 13.1. The summed E-state index contributed by atoms with van der Waals surface area (Å²) in [6, 6.07) is 5.44. The maximum atomic E-state index is 13.1. The van der Waals surface area contributed by atoms with Gasteiger partial charge in [-0.2, -0.15) is 0 Å². The van der Waals surface area contributed by atoms with E-state index in [2.05, 4.69) is 20.2 Å². The summed E-state index contributed by atoms with van der Waals surface area (Å²) in [7, 11) is 0. The molecule has 2 aliphatic rings. The monoisotopic (exact) mass is 439 g/mol. The third kappa shape index (κ3) is 5.30. The van der Waals surface area contributed by atoms with Crippen molar-refractivity contribution in [2.24, 2.45) is 0 Å². The molecule has 0 radical (unpaired) electrons. The number of hydrogen-bond acceptors (Lipinski definition) is 5. The first-order valence-corrected chi connectivity index (χ1v) is 11.4. The van der Waals surface area contributed by atoms with Gasteiger partial charge in [-0.25, -0.2) is 14.4 Å². The quantitative estimate of drug-likeness (QED) is 0.768. The lowest BCUT2D eigenvalue weighted by Crippen LogP contribution is -2.40. The van der Waals surface area contributed by atoms with Gasteiger partial charge >= 0.3 is 0 Å². The van der Waals surface area contributed by atoms with Gasteiger partial charge in [0.2, 0.25) is 5.91 Å². The van der Waals surface area contributed by atoms with Crippen molar-refractivity contribution in [3.8, 4) is 0 Å². The SMILES string of the molecule is Cc1nc([C@H]2CCCN2C(=O)CN2CCCCCC2)ncc1C(=O)Nc1ccc(F)cc1. The highest BCUT2D eigenvalue weighted by Crippen LogP contribution is 2.30. The van der Waals surface area contributed by atoms with E-state index in [1.807, 2.05) is 4.90 Å². The van der Waals surface area contributed by atoms with Crippen molar-refractivity contribution < 1.29 is 14.0 Å². The van der Waals surface area contributed by atoms with E-state index in [-0.39, 0.29) is 23.7 Å². The topological polar surface area (TPSA) is 78.4 Å². The van der Waals surface area contributed by atoms with E-state index in [1.165, 1.54) is 43.3 Å². The summed E-state index contributed by atoms with van der Waals surface area (Å²) in [5.41, 5.74) is 1.42. The number of halogens is 1. The van der Waals surface area contributed by atoms with Crippen LogP contribution in [0.2, 0.25) is 0 Å². The molecule has 1 N–H and O–H groups in total. The first kappa shape index (κ1) is 22.3. The van der Waals surface area contributed by atoms with Crippen LogP contribution < -0.4 is 5.32 Å². The second-order valence-electron chi connectivity index (χ2n) is 8.62. The van der Waals surface area contributed by atoms with Crippen LogP contribution in [0.3, 0.4) is 0 Å². The molecule has 2 amide bonds. The van der Waals surface area contributed by atoms with E-state index < -0.39 is 0 Å². The summed E-state index contributed by atoms with van der Waals surface area (Å²) in [6.45, 7) is 4.90. The molecular weight excluding hydrogens is 409 g/mol. The van der Waals surface area contributed by atoms with Crippen LogP contribution in [0.15, 0.2) is 30.5 Å². The molecule has 170 valence electrons. The predicted molar refractivity (Wildman–Crippen MR) is 120 cm³/mol. The largest absolute Gasteiger partial charge is 0.331 e. The fourth-order valence-corrected chi connectivity index (χ4v) is 4.51. The molecular formula is C24H30FN5O2. The summed E-state index contributed by atoms with van der Waals surface area (Å²) < 4.78 is 13.1. The minimum absolute atomic E-state index is 0.133. The number of aryl methyl sites for hydroxylation is 1. The molecule has 1 aromatic carbocycles. The molecule has 2 aliphatic heterocycles. The number of amides is 2. The molecule has 32 heavy (non-hydrogen) atoms. The van der Waals surface area contributed by atoms with Crippen LogP contribution in [0.4, 0.5) is 10.1 Å². The minimum atomic E-state index is -0.363. The Hall–Kier alpha value is -2.87. The summed E-state index contributed by atoms with van der Waals surface area (Å²) in [6.07, 6.45) is 8.06. The number of likely N-dealkylation sites (tertiary alicyclic amines) is 2. The zero-order chi connectivity index (χ0) is 22.5. The maximum Gasteiger partial charge on any atom is 0.259 e. The molecule has 0 aliphatic carbocycles. The number of hydrogen-bond donors (Lipinski definition) is 1. The fraction of sp³-hybridized carbons (Fsp3) is 0.500. The first-order chi connectivity index (χ1) is 15.5. The number of benzene rings is 1. The third-order valence-electron chi connectivity index (χ3n) is 6.27. The second kappa shape index (κ2) is 10.2. The third-order valence-corrected chi connectivity index (χ3v) is 6.27. The molecule has 2 fully saturated rings. The van der Waals surface area contributed by atoms with Crippen molar-refractivity contribution in [1.29, 1.82) is 0 Å². The lowest BCUT2D eigenvalue weighted by molar-refractivity contribution is -0.133. The van der Waals surface area contributed by atoms with Crippen LogP contribution >= 0.6 is 0 Å². The van der Waals surface area contributed by atoms with Crippen molar-refractivity contribution in [3.05, 3.63) is 53.4 Å². The summed E-state index contributed by atoms with van der Waals surface area (Å²) in [5.74, 6) is 0.0101. The van der Waals surface area contributed by atoms with Gasteiger partial charge in [-0.1, -0.05) is 12.8 Å². The zero-order valence-electron chi connectivity index (χ0n) is 18.5. The van der Waals surface area contributed by atoms with Crippen molar-refractivity contribution in [1.82, 2.24) is 19.8 Å². The molecule has 7 nitrogen and oxygen atoms in total. The molecule has 4 rings (SSSR count). The van der Waals surface area contributed by atoms with E-state index in [9.17, 15) is 14.0 Å². The van der Waals surface area contributed by atoms with Crippen molar-refractivity contribution in [2.75, 3.05) is 31.5 Å². The number of carbonyl (C=O) groups is 2. The zero-order valence-corrected chi connectivity index (χ0v) is 18.5. The van der Waals surface area contributed by atoms with Crippen LogP contribution in [0.5, 0.6) is 0 Å². The first-order valence-electron chi connectivity index (χ1n) is 11.4. The van der Waals surface area contributed by atoms with E-state index in [4.69, 9.17) is 0 Å². The summed E-state index contributed by atoms with van der Waals surface area (Å²) in [4.78, 5) is 38.9. The van der Waals surface area contributed by atoms with Gasteiger partial charge < -0.3 is 10.2 Å². The highest BCUT2D eigenvalue weighted by Gasteiger charge is 2.33. The molecule has 2 saturated heterocycles. The average Bonchev–Trinajstić information content (AvgIpc) is 3.14. The number of nitrogens with one attached hydrogen (secondary N) is 1. The van der Waals surface area contributed by atoms with Gasteiger partial charge in [-0.15, -0.1) is 0 Å². The van der Waals surface area contributed by atoms with Gasteiger partial charge in [0.25, 0.3) is 5.91 Å². The molecule has 0 spiro atoms. The molecule has 2 aromatic rings. The fourth-order valence-electron chi connectivity index (χ4n) is 4.51. The van der Waals surface area contributed by atoms with Crippen molar-refractivity contribution >= 4 is 17.5 Å². The molecule has 3 heterocycles. The van der Waals surface area contributed by atoms with Gasteiger partial charge in [0.15, 0.2) is 5.82 Å². The average molecular weight is 440 g/mol. The van der Waals surface area contributed by atoms with Crippen LogP contribution in [0.25, 0.3) is 0 Å². The number of aromatic nitrogens is 2. The van der Waals surface area contributed by atoms with E-state index >= 15 is 0 Å². The second-order valence-corrected chi connectivity index (χ2v) is 8.62. The molecule has 1 aromatic heterocycles. The Morgan fingerprint density at radius 3 is 2.47 bits per heavy atom. The highest BCUT2D eigenvalue weighted by atomic mass is 19.1. The highest BCUT2D eigenvalue weighted by molar-refractivity contribution is 6.04. The van der Waals surface area contributed by atoms with E-state index in [0.29, 0.717) is 35.9 Å². The van der Waals surface area contributed by atoms with E-state index in [0.717, 1.165) is 38.8 Å². The number of rotatable bonds is 5. The summed E-state index contributed by atoms with van der Waals surface area (Å²) in [5, 5.41) is 2.74. The lowest BCUT2D eigenvalue weighted by Gasteiger charge is -2.27. The number of carbonyl (C=O) groups excluding carboxylic acids is 2. The molecule has 1 atom stereocenters. The number of anilines is 1. The lowest BCUT2D eigenvalue weighted by atomic mass is 10.1. The normalized spacial score (nSPS) is 19.6. The van der Waals surface area contributed by atoms with Gasteiger partial charge in [-0.3, -0.25) is 14.5 Å². The van der Waals surface area contributed by atoms with Crippen molar-refractivity contribution in [3.63, 3.8) is 0 Å². The van der Waals surface area contributed by atoms with Gasteiger partial charge in [0.1, 0.15) is 5.82 Å². The minimum Gasteiger partial charge on any atom is -0.331 e. The molecule has 0 saturated carbocycles. The molecule has 0 bridgehead atoms. The Balaban J connectivity index is 1.43. The Labute approximate surface area is 188 Å². The number of nitrogens with zero attached hydrogens (tertiary/aromatic N) is 4. The Kier molecular flexibility index (Phi) is 7.09. The van der Waals surface area contributed by atoms with Crippen LogP contribution in [0.1, 0.15) is 66.4 Å². The summed E-state index contributed by atoms with van der Waals surface area (Å²) >= 11 is 0. The predicted octanol–water partition coefficient (Wildman–Crippen LogP) is 3.72. The Bertz CT molecular complexity index is 957. The van der Waals surface area contributed by atoms with Crippen LogP contribution in [-0.4, -0.2) is 57.8 Å². The Morgan fingerprint density at radius 1 is 1.06 bits per heavy atom. The van der Waals surface area contributed by atoms with E-state index in [1.54, 1.807) is 6.92 Å². The molecule has 0 unspecified atom stereocenters. The standard InChI is InChI=1S/C24H30FN5O2/c1-17-20(24(32)28-19-10-8-18(25)9-11-19)15-26-23(27-17)21-7-6-14-30(21)22(31)16-29-12-4-2-3-5-13-29/h8-11,15,21H,2-7,12-14,16H2,1H3,(H,28,32)/t21-/m1/s1. The van der Waals surface area contributed by atoms with Crippen LogP contribution in [0, 0.1) is 12.7 Å². The van der Waals surface area contributed by atoms with Gasteiger partial charge in [0, 0.05) is 18.4 Å². The van der Waals surface area contributed by atoms with Crippen molar-refractivity contribution in [2.45, 2.75) is 51.5 Å².